The molecule has 3 rings (SSSR count). The van der Waals surface area contributed by atoms with Crippen molar-refractivity contribution in [3.63, 3.8) is 0 Å². The minimum absolute atomic E-state index is 0.136. The Hall–Kier alpha value is -3.15. The smallest absolute Gasteiger partial charge is 0.248 e. The van der Waals surface area contributed by atoms with E-state index in [1.54, 1.807) is 42.6 Å². The highest BCUT2D eigenvalue weighted by atomic mass is 19.1. The summed E-state index contributed by atoms with van der Waals surface area (Å²) in [5, 5.41) is 0. The number of aromatic nitrogens is 1. The van der Waals surface area contributed by atoms with E-state index < -0.39 is 5.91 Å². The summed E-state index contributed by atoms with van der Waals surface area (Å²) in [5.74, 6) is 0.692. The van der Waals surface area contributed by atoms with Gasteiger partial charge in [0, 0.05) is 11.1 Å². The summed E-state index contributed by atoms with van der Waals surface area (Å²) < 4.78 is 24.0. The molecule has 0 aliphatic carbocycles. The first-order chi connectivity index (χ1) is 11.1. The lowest BCUT2D eigenvalue weighted by molar-refractivity contribution is 0.1000. The number of primary amides is 1. The Labute approximate surface area is 131 Å². The van der Waals surface area contributed by atoms with Crippen LogP contribution in [0, 0.1) is 5.82 Å². The molecule has 0 unspecified atom stereocenters. The predicted octanol–water partition coefficient (Wildman–Crippen LogP) is 3.16. The van der Waals surface area contributed by atoms with Gasteiger partial charge < -0.3 is 14.9 Å². The van der Waals surface area contributed by atoms with E-state index in [1.165, 1.54) is 12.1 Å². The summed E-state index contributed by atoms with van der Waals surface area (Å²) in [6, 6.07) is 12.4. The maximum absolute atomic E-state index is 12.9. The molecule has 0 aliphatic heterocycles. The zero-order chi connectivity index (χ0) is 16.2. The number of hydrogen-bond donors (Lipinski definition) is 1. The highest BCUT2D eigenvalue weighted by Gasteiger charge is 2.08. The molecule has 1 amide bonds. The van der Waals surface area contributed by atoms with Crippen LogP contribution in [0.4, 0.5) is 4.39 Å². The Morgan fingerprint density at radius 1 is 1.13 bits per heavy atom. The number of oxazole rings is 1. The average molecular weight is 312 g/mol. The van der Waals surface area contributed by atoms with Crippen molar-refractivity contribution in [2.24, 2.45) is 5.73 Å². The Bertz CT molecular complexity index is 811. The van der Waals surface area contributed by atoms with E-state index in [2.05, 4.69) is 4.98 Å². The molecule has 5 nitrogen and oxygen atoms in total. The van der Waals surface area contributed by atoms with Crippen molar-refractivity contribution in [3.8, 4) is 17.1 Å². The molecular formula is C17H13FN2O3. The van der Waals surface area contributed by atoms with Crippen molar-refractivity contribution < 1.29 is 18.3 Å². The van der Waals surface area contributed by atoms with Gasteiger partial charge in [-0.2, -0.15) is 0 Å². The third kappa shape index (κ3) is 3.55. The van der Waals surface area contributed by atoms with E-state index in [-0.39, 0.29) is 12.4 Å². The first-order valence-electron chi connectivity index (χ1n) is 6.85. The van der Waals surface area contributed by atoms with Gasteiger partial charge in [-0.15, -0.1) is 0 Å². The number of rotatable bonds is 5. The van der Waals surface area contributed by atoms with E-state index in [0.717, 1.165) is 5.56 Å². The van der Waals surface area contributed by atoms with Crippen molar-refractivity contribution in [2.45, 2.75) is 6.61 Å². The van der Waals surface area contributed by atoms with Crippen molar-refractivity contribution in [3.05, 3.63) is 72.0 Å². The number of carbonyl (C=O) groups is 1. The summed E-state index contributed by atoms with van der Waals surface area (Å²) in [7, 11) is 0. The normalized spacial score (nSPS) is 10.5. The first-order valence-corrected chi connectivity index (χ1v) is 6.85. The monoisotopic (exact) mass is 312 g/mol. The van der Waals surface area contributed by atoms with Crippen LogP contribution in [0.3, 0.4) is 0 Å². The molecule has 2 N–H and O–H groups in total. The van der Waals surface area contributed by atoms with Crippen LogP contribution in [0.2, 0.25) is 0 Å². The standard InChI is InChI=1S/C17H13FN2O3/c18-13-5-1-11(2-6-13)15-9-20-16(23-15)10-22-14-7-3-12(4-8-14)17(19)21/h1-9H,10H2,(H2,19,21). The second kappa shape index (κ2) is 6.31. The van der Waals surface area contributed by atoms with Crippen LogP contribution in [0.1, 0.15) is 16.2 Å². The van der Waals surface area contributed by atoms with Gasteiger partial charge in [0.2, 0.25) is 11.8 Å². The van der Waals surface area contributed by atoms with Gasteiger partial charge in [-0.25, -0.2) is 9.37 Å². The lowest BCUT2D eigenvalue weighted by atomic mass is 10.2. The molecule has 0 spiro atoms. The van der Waals surface area contributed by atoms with Crippen molar-refractivity contribution >= 4 is 5.91 Å². The zero-order valence-electron chi connectivity index (χ0n) is 12.0. The molecule has 3 aromatic rings. The van der Waals surface area contributed by atoms with Crippen molar-refractivity contribution in [1.82, 2.24) is 4.98 Å². The van der Waals surface area contributed by atoms with Crippen LogP contribution in [0.25, 0.3) is 11.3 Å². The fourth-order valence-electron chi connectivity index (χ4n) is 1.99. The summed E-state index contributed by atoms with van der Waals surface area (Å²) >= 11 is 0. The van der Waals surface area contributed by atoms with Gasteiger partial charge in [-0.05, 0) is 48.5 Å². The summed E-state index contributed by atoms with van der Waals surface area (Å²) in [6.45, 7) is 0.136. The second-order valence-electron chi connectivity index (χ2n) is 4.80. The van der Waals surface area contributed by atoms with E-state index in [4.69, 9.17) is 14.9 Å². The quantitative estimate of drug-likeness (QED) is 0.785. The van der Waals surface area contributed by atoms with Gasteiger partial charge in [0.15, 0.2) is 12.4 Å². The van der Waals surface area contributed by atoms with Crippen molar-refractivity contribution in [1.29, 1.82) is 0 Å². The van der Waals surface area contributed by atoms with Gasteiger partial charge in [-0.3, -0.25) is 4.79 Å². The van der Waals surface area contributed by atoms with Crippen LogP contribution < -0.4 is 10.5 Å². The highest BCUT2D eigenvalue weighted by Crippen LogP contribution is 2.21. The van der Waals surface area contributed by atoms with Gasteiger partial charge in [0.05, 0.1) is 6.20 Å². The number of halogens is 1. The lowest BCUT2D eigenvalue weighted by Gasteiger charge is -2.04. The third-order valence-corrected chi connectivity index (χ3v) is 3.18. The molecule has 0 saturated heterocycles. The SMILES string of the molecule is NC(=O)c1ccc(OCc2ncc(-c3ccc(F)cc3)o2)cc1. The Morgan fingerprint density at radius 3 is 2.48 bits per heavy atom. The Kier molecular flexibility index (Phi) is 4.05. The Morgan fingerprint density at radius 2 is 1.83 bits per heavy atom. The van der Waals surface area contributed by atoms with E-state index in [1.807, 2.05) is 0 Å². The number of hydrogen-bond acceptors (Lipinski definition) is 4. The number of amides is 1. The fourth-order valence-corrected chi connectivity index (χ4v) is 1.99. The molecule has 0 saturated carbocycles. The lowest BCUT2D eigenvalue weighted by Crippen LogP contribution is -2.10. The van der Waals surface area contributed by atoms with Crippen LogP contribution in [-0.2, 0) is 6.61 Å². The molecule has 0 radical (unpaired) electrons. The molecule has 1 heterocycles. The topological polar surface area (TPSA) is 78.4 Å². The molecule has 0 atom stereocenters. The number of benzene rings is 2. The van der Waals surface area contributed by atoms with E-state index in [0.29, 0.717) is 23.0 Å². The van der Waals surface area contributed by atoms with Gasteiger partial charge in [0.1, 0.15) is 11.6 Å². The molecule has 23 heavy (non-hydrogen) atoms. The predicted molar refractivity (Wildman–Crippen MR) is 81.2 cm³/mol. The second-order valence-corrected chi connectivity index (χ2v) is 4.80. The maximum Gasteiger partial charge on any atom is 0.248 e. The van der Waals surface area contributed by atoms with E-state index in [9.17, 15) is 9.18 Å². The zero-order valence-corrected chi connectivity index (χ0v) is 12.0. The maximum atomic E-state index is 12.9. The largest absolute Gasteiger partial charge is 0.484 e. The number of ether oxygens (including phenoxy) is 1. The molecule has 2 aromatic carbocycles. The number of nitrogens with two attached hydrogens (primary N) is 1. The molecule has 0 bridgehead atoms. The molecule has 6 heteroatoms. The minimum Gasteiger partial charge on any atom is -0.484 e. The first kappa shape index (κ1) is 14.8. The fraction of sp³-hybridized carbons (Fsp3) is 0.0588. The van der Waals surface area contributed by atoms with Crippen LogP contribution in [0.5, 0.6) is 5.75 Å². The van der Waals surface area contributed by atoms with Gasteiger partial charge >= 0.3 is 0 Å². The average Bonchev–Trinajstić information content (AvgIpc) is 3.03. The van der Waals surface area contributed by atoms with Crippen LogP contribution in [-0.4, -0.2) is 10.9 Å². The van der Waals surface area contributed by atoms with Gasteiger partial charge in [-0.1, -0.05) is 0 Å². The number of carbonyl (C=O) groups excluding carboxylic acids is 1. The number of nitrogens with zero attached hydrogens (tertiary/aromatic N) is 1. The molecule has 0 aliphatic rings. The summed E-state index contributed by atoms with van der Waals surface area (Å²) in [6.07, 6.45) is 1.56. The van der Waals surface area contributed by atoms with Crippen LogP contribution in [0.15, 0.2) is 59.1 Å². The van der Waals surface area contributed by atoms with E-state index >= 15 is 0 Å². The Balaban J connectivity index is 1.65. The molecule has 0 fully saturated rings. The van der Waals surface area contributed by atoms with Crippen molar-refractivity contribution in [2.75, 3.05) is 0 Å². The van der Waals surface area contributed by atoms with Crippen LogP contribution >= 0.6 is 0 Å². The molecular weight excluding hydrogens is 299 g/mol. The minimum atomic E-state index is -0.492. The highest BCUT2D eigenvalue weighted by molar-refractivity contribution is 5.92. The summed E-state index contributed by atoms with van der Waals surface area (Å²) in [5.41, 5.74) is 6.31. The molecule has 116 valence electrons. The molecule has 1 aromatic heterocycles. The summed E-state index contributed by atoms with van der Waals surface area (Å²) in [4.78, 5) is 15.1. The van der Waals surface area contributed by atoms with Gasteiger partial charge in [0.25, 0.3) is 0 Å². The third-order valence-electron chi connectivity index (χ3n) is 3.18.